The Hall–Kier alpha value is -1.22. The maximum Gasteiger partial charge on any atom is 0.164 e. The largest absolute Gasteiger partial charge is 0.493 e. The average Bonchev–Trinajstić information content (AvgIpc) is 2.44. The van der Waals surface area contributed by atoms with Crippen LogP contribution < -0.4 is 9.47 Å². The van der Waals surface area contributed by atoms with Crippen LogP contribution in [0, 0.1) is 5.92 Å². The molecule has 3 rings (SSSR count). The van der Waals surface area contributed by atoms with E-state index in [9.17, 15) is 0 Å². The van der Waals surface area contributed by atoms with Gasteiger partial charge in [-0.3, -0.25) is 0 Å². The molecular formula is C16H23NO2. The van der Waals surface area contributed by atoms with Crippen molar-refractivity contribution in [2.45, 2.75) is 31.7 Å². The van der Waals surface area contributed by atoms with E-state index in [-0.39, 0.29) is 0 Å². The Morgan fingerprint density at radius 2 is 2.00 bits per heavy atom. The van der Waals surface area contributed by atoms with Crippen molar-refractivity contribution in [1.29, 1.82) is 0 Å². The number of likely N-dealkylation sites (tertiary alicyclic amines) is 1. The zero-order valence-electron chi connectivity index (χ0n) is 12.1. The minimum atomic E-state index is 0.708. The second-order valence-corrected chi connectivity index (χ2v) is 5.80. The molecule has 3 heteroatoms. The highest BCUT2D eigenvalue weighted by Crippen LogP contribution is 2.42. The Balaban J connectivity index is 1.99. The van der Waals surface area contributed by atoms with Crippen molar-refractivity contribution in [1.82, 2.24) is 4.90 Å². The van der Waals surface area contributed by atoms with Crippen molar-refractivity contribution < 1.29 is 9.47 Å². The topological polar surface area (TPSA) is 21.7 Å². The summed E-state index contributed by atoms with van der Waals surface area (Å²) in [5.41, 5.74) is 2.81. The van der Waals surface area contributed by atoms with E-state index < -0.39 is 0 Å². The summed E-state index contributed by atoms with van der Waals surface area (Å²) in [6.07, 6.45) is 4.94. The molecule has 1 aromatic rings. The lowest BCUT2D eigenvalue weighted by atomic mass is 9.75. The van der Waals surface area contributed by atoms with Crippen LogP contribution in [0.15, 0.2) is 12.1 Å². The number of benzene rings is 1. The van der Waals surface area contributed by atoms with E-state index in [2.05, 4.69) is 18.0 Å². The molecule has 1 aliphatic carbocycles. The molecule has 0 amide bonds. The van der Waals surface area contributed by atoms with E-state index in [1.807, 2.05) is 6.07 Å². The van der Waals surface area contributed by atoms with Gasteiger partial charge in [0.25, 0.3) is 0 Å². The first-order valence-electron chi connectivity index (χ1n) is 7.17. The molecule has 0 unspecified atom stereocenters. The smallest absolute Gasteiger partial charge is 0.164 e. The zero-order chi connectivity index (χ0) is 13.4. The first-order chi connectivity index (χ1) is 9.24. The fraction of sp³-hybridized carbons (Fsp3) is 0.625. The van der Waals surface area contributed by atoms with Gasteiger partial charge in [0.05, 0.1) is 14.2 Å². The molecule has 0 bridgehead atoms. The summed E-state index contributed by atoms with van der Waals surface area (Å²) in [6, 6.07) is 4.97. The number of rotatable bonds is 2. The molecule has 0 N–H and O–H groups in total. The van der Waals surface area contributed by atoms with Gasteiger partial charge in [-0.1, -0.05) is 6.07 Å². The van der Waals surface area contributed by atoms with Crippen molar-refractivity contribution >= 4 is 0 Å². The van der Waals surface area contributed by atoms with E-state index in [1.54, 1.807) is 14.2 Å². The van der Waals surface area contributed by atoms with Crippen LogP contribution in [0.2, 0.25) is 0 Å². The molecule has 3 nitrogen and oxygen atoms in total. The van der Waals surface area contributed by atoms with Gasteiger partial charge < -0.3 is 14.4 Å². The molecule has 2 atom stereocenters. The van der Waals surface area contributed by atoms with Gasteiger partial charge >= 0.3 is 0 Å². The third kappa shape index (κ3) is 2.10. The monoisotopic (exact) mass is 261 g/mol. The van der Waals surface area contributed by atoms with Crippen molar-refractivity contribution in [3.63, 3.8) is 0 Å². The zero-order valence-corrected chi connectivity index (χ0v) is 12.1. The molecule has 1 saturated heterocycles. The van der Waals surface area contributed by atoms with Gasteiger partial charge in [-0.2, -0.15) is 0 Å². The summed E-state index contributed by atoms with van der Waals surface area (Å²) in [4.78, 5) is 2.54. The highest BCUT2D eigenvalue weighted by Gasteiger charge is 2.35. The number of methoxy groups -OCH3 is 2. The summed E-state index contributed by atoms with van der Waals surface area (Å²) in [5.74, 6) is 2.59. The molecule has 104 valence electrons. The lowest BCUT2D eigenvalue weighted by Gasteiger charge is -2.43. The molecule has 0 radical (unpaired) electrons. The van der Waals surface area contributed by atoms with Gasteiger partial charge in [0.1, 0.15) is 0 Å². The molecule has 1 heterocycles. The fourth-order valence-electron chi connectivity index (χ4n) is 3.82. The Kier molecular flexibility index (Phi) is 3.40. The van der Waals surface area contributed by atoms with E-state index in [0.29, 0.717) is 6.04 Å². The Bertz CT molecular complexity index is 472. The van der Waals surface area contributed by atoms with Crippen molar-refractivity contribution in [3.8, 4) is 11.5 Å². The van der Waals surface area contributed by atoms with Crippen LogP contribution in [0.25, 0.3) is 0 Å². The summed E-state index contributed by atoms with van der Waals surface area (Å²) in [5, 5.41) is 0. The van der Waals surface area contributed by atoms with Crippen molar-refractivity contribution in [3.05, 3.63) is 23.3 Å². The first kappa shape index (κ1) is 12.8. The van der Waals surface area contributed by atoms with Gasteiger partial charge in [-0.05, 0) is 56.8 Å². The van der Waals surface area contributed by atoms with Crippen LogP contribution >= 0.6 is 0 Å². The van der Waals surface area contributed by atoms with Crippen LogP contribution in [0.4, 0.5) is 0 Å². The summed E-state index contributed by atoms with van der Waals surface area (Å²) in [7, 11) is 5.73. The molecular weight excluding hydrogens is 238 g/mol. The third-order valence-corrected chi connectivity index (χ3v) is 4.84. The fourth-order valence-corrected chi connectivity index (χ4v) is 3.82. The Morgan fingerprint density at radius 1 is 1.16 bits per heavy atom. The molecule has 1 aromatic carbocycles. The summed E-state index contributed by atoms with van der Waals surface area (Å²) in [6.45, 7) is 1.24. The first-order valence-corrected chi connectivity index (χ1v) is 7.17. The molecule has 0 saturated carbocycles. The number of likely N-dealkylation sites (N-methyl/N-ethyl adjacent to an activating group) is 1. The highest BCUT2D eigenvalue weighted by molar-refractivity contribution is 5.52. The van der Waals surface area contributed by atoms with Crippen LogP contribution in [0.3, 0.4) is 0 Å². The number of hydrogen-bond donors (Lipinski definition) is 0. The van der Waals surface area contributed by atoms with Crippen LogP contribution in [0.5, 0.6) is 11.5 Å². The van der Waals surface area contributed by atoms with E-state index in [0.717, 1.165) is 30.3 Å². The van der Waals surface area contributed by atoms with Gasteiger partial charge in [-0.25, -0.2) is 0 Å². The maximum absolute atomic E-state index is 5.60. The lowest BCUT2D eigenvalue weighted by Crippen LogP contribution is -2.47. The van der Waals surface area contributed by atoms with Crippen molar-refractivity contribution in [2.75, 3.05) is 27.8 Å². The maximum atomic E-state index is 5.60. The minimum Gasteiger partial charge on any atom is -0.493 e. The van der Waals surface area contributed by atoms with Crippen molar-refractivity contribution in [2.24, 2.45) is 5.92 Å². The lowest BCUT2D eigenvalue weighted by molar-refractivity contribution is 0.111. The summed E-state index contributed by atoms with van der Waals surface area (Å²) >= 11 is 0. The molecule has 0 aromatic heterocycles. The standard InChI is InChI=1S/C16H23NO2/c1-17-8-4-5-12-9-13-11(10-14(12)17)6-7-15(18-2)16(13)19-3/h6-7,12,14H,4-5,8-10H2,1-3H3/t12-,14-/m1/s1. The third-order valence-electron chi connectivity index (χ3n) is 4.84. The number of ether oxygens (including phenoxy) is 2. The summed E-state index contributed by atoms with van der Waals surface area (Å²) < 4.78 is 11.0. The van der Waals surface area contributed by atoms with Gasteiger partial charge in [0.15, 0.2) is 11.5 Å². The predicted molar refractivity (Wildman–Crippen MR) is 76.1 cm³/mol. The van der Waals surface area contributed by atoms with E-state index in [1.165, 1.54) is 30.5 Å². The van der Waals surface area contributed by atoms with Gasteiger partial charge in [-0.15, -0.1) is 0 Å². The molecule has 1 aliphatic heterocycles. The Morgan fingerprint density at radius 3 is 2.74 bits per heavy atom. The predicted octanol–water partition coefficient (Wildman–Crippen LogP) is 2.51. The molecule has 2 aliphatic rings. The highest BCUT2D eigenvalue weighted by atomic mass is 16.5. The molecule has 19 heavy (non-hydrogen) atoms. The van der Waals surface area contributed by atoms with Gasteiger partial charge in [0.2, 0.25) is 0 Å². The molecule has 0 spiro atoms. The number of piperidine rings is 1. The quantitative estimate of drug-likeness (QED) is 0.816. The number of nitrogens with zero attached hydrogens (tertiary/aromatic N) is 1. The number of fused-ring (bicyclic) bond motifs is 2. The van der Waals surface area contributed by atoms with Crippen LogP contribution in [0.1, 0.15) is 24.0 Å². The van der Waals surface area contributed by atoms with Crippen LogP contribution in [-0.4, -0.2) is 38.8 Å². The van der Waals surface area contributed by atoms with Gasteiger partial charge in [0, 0.05) is 11.6 Å². The van der Waals surface area contributed by atoms with E-state index >= 15 is 0 Å². The molecule has 1 fully saturated rings. The number of hydrogen-bond acceptors (Lipinski definition) is 3. The second kappa shape index (κ2) is 5.04. The average molecular weight is 261 g/mol. The van der Waals surface area contributed by atoms with E-state index in [4.69, 9.17) is 9.47 Å². The minimum absolute atomic E-state index is 0.708. The normalized spacial score (nSPS) is 26.5. The second-order valence-electron chi connectivity index (χ2n) is 5.80. The van der Waals surface area contributed by atoms with Crippen LogP contribution in [-0.2, 0) is 12.8 Å². The Labute approximate surface area is 115 Å². The SMILES string of the molecule is COc1ccc2c(c1OC)C[C@H]1CCCN(C)[C@@H]1C2.